The quantitative estimate of drug-likeness (QED) is 0.298. The molecule has 4 rings (SSSR count). The van der Waals surface area contributed by atoms with Crippen molar-refractivity contribution in [1.29, 1.82) is 0 Å². The van der Waals surface area contributed by atoms with Gasteiger partial charge in [0.25, 0.3) is 0 Å². The molecule has 2 aliphatic heterocycles. The summed E-state index contributed by atoms with van der Waals surface area (Å²) >= 11 is 3.67. The van der Waals surface area contributed by atoms with Crippen LogP contribution in [0.5, 0.6) is 0 Å². The Morgan fingerprint density at radius 3 is 2.24 bits per heavy atom. The van der Waals surface area contributed by atoms with Gasteiger partial charge in [-0.25, -0.2) is 0 Å². The van der Waals surface area contributed by atoms with E-state index >= 15 is 0 Å². The van der Waals surface area contributed by atoms with E-state index in [-0.39, 0.29) is 0 Å². The second-order valence-electron chi connectivity index (χ2n) is 6.26. The number of rotatable bonds is 2. The van der Waals surface area contributed by atoms with Crippen molar-refractivity contribution in [1.82, 2.24) is 15.3 Å². The summed E-state index contributed by atoms with van der Waals surface area (Å²) in [6.07, 6.45) is 7.22. The van der Waals surface area contributed by atoms with E-state index in [0.717, 1.165) is 41.4 Å². The molecule has 0 radical (unpaired) electrons. The zero-order valence-electron chi connectivity index (χ0n) is 13.9. The normalized spacial score (nSPS) is 23.3. The van der Waals surface area contributed by atoms with Crippen LogP contribution in [0.4, 0.5) is 0 Å². The zero-order valence-corrected chi connectivity index (χ0v) is 19.3. The number of nitrogens with one attached hydrogen (secondary N) is 1. The third-order valence-corrected chi connectivity index (χ3v) is 4.92. The number of aromatic nitrogens is 1. The summed E-state index contributed by atoms with van der Waals surface area (Å²) < 4.78 is 0. The van der Waals surface area contributed by atoms with Gasteiger partial charge in [0, 0.05) is 19.3 Å². The van der Waals surface area contributed by atoms with Crippen LogP contribution in [-0.4, -0.2) is 33.8 Å². The van der Waals surface area contributed by atoms with Crippen LogP contribution in [0.1, 0.15) is 38.3 Å². The Morgan fingerprint density at radius 1 is 1.20 bits per heavy atom. The Labute approximate surface area is 172 Å². The molecule has 3 fully saturated rings. The second-order valence-corrected chi connectivity index (χ2v) is 16.5. The van der Waals surface area contributed by atoms with Crippen LogP contribution in [0, 0.1) is 11.8 Å². The van der Waals surface area contributed by atoms with E-state index in [2.05, 4.69) is 20.4 Å². The van der Waals surface area contributed by atoms with Crippen LogP contribution >= 0.6 is 40.5 Å². The van der Waals surface area contributed by atoms with E-state index in [9.17, 15) is 0 Å². The van der Waals surface area contributed by atoms with Crippen LogP contribution in [0.25, 0.3) is 0 Å². The molecule has 1 aromatic heterocycles. The molecule has 0 aromatic carbocycles. The van der Waals surface area contributed by atoms with Gasteiger partial charge in [-0.1, -0.05) is 6.07 Å². The van der Waals surface area contributed by atoms with Gasteiger partial charge in [-0.15, -0.1) is 0 Å². The number of thiocarbonyl (C=S) groups is 1. The van der Waals surface area contributed by atoms with Gasteiger partial charge in [-0.3, -0.25) is 10.4 Å². The molecule has 2 saturated heterocycles. The minimum atomic E-state index is -1.85. The molecule has 4 nitrogen and oxygen atoms in total. The molecule has 143 valence electrons. The number of fused-ring (bicyclic) bond motifs is 4. The summed E-state index contributed by atoms with van der Waals surface area (Å²) in [6, 6.07) is 5.82. The monoisotopic (exact) mass is 602 g/mol. The summed E-state index contributed by atoms with van der Waals surface area (Å²) in [4.78, 5) is 6.60. The molecule has 1 saturated carbocycles. The van der Waals surface area contributed by atoms with Crippen molar-refractivity contribution in [2.45, 2.75) is 32.6 Å². The van der Waals surface area contributed by atoms with Gasteiger partial charge in [0.1, 0.15) is 0 Å². The van der Waals surface area contributed by atoms with E-state index in [1.54, 1.807) is 6.20 Å². The fraction of sp³-hybridized carbons (Fsp3) is 0.562. The summed E-state index contributed by atoms with van der Waals surface area (Å²) in [6.45, 7) is 4.12. The molecule has 0 atom stereocenters. The average Bonchev–Trinajstić information content (AvgIpc) is 2.93. The molecule has 3 aliphatic rings. The van der Waals surface area contributed by atoms with Gasteiger partial charge in [-0.05, 0) is 68.8 Å². The molecule has 9 heteroatoms. The summed E-state index contributed by atoms with van der Waals surface area (Å²) in [5.74, 6) is 1.62. The zero-order chi connectivity index (χ0) is 18.2. The SMILES string of the molecule is C/C(=N/NC(=S)N1CC2CCC(CC2)C1)c1ccccn1.[Cl][Pt]([Cl])[Cl]. The Hall–Kier alpha value is 0.0683. The number of hydrogen-bond acceptors (Lipinski definition) is 3. The average molecular weight is 604 g/mol. The maximum absolute atomic E-state index is 5.52. The van der Waals surface area contributed by atoms with Gasteiger partial charge >= 0.3 is 42.4 Å². The molecular weight excluding hydrogens is 582 g/mol. The Kier molecular flexibility index (Phi) is 9.43. The molecule has 0 unspecified atom stereocenters. The van der Waals surface area contributed by atoms with E-state index in [1.165, 1.54) is 25.7 Å². The summed E-state index contributed by atoms with van der Waals surface area (Å²) in [5.41, 5.74) is 4.79. The number of nitrogens with zero attached hydrogens (tertiary/aromatic N) is 3. The molecule has 0 spiro atoms. The third-order valence-electron chi connectivity index (χ3n) is 4.57. The first-order chi connectivity index (χ1) is 12.0. The molecule has 1 aliphatic carbocycles. The van der Waals surface area contributed by atoms with Crippen LogP contribution < -0.4 is 5.43 Å². The van der Waals surface area contributed by atoms with Crippen molar-refractivity contribution in [2.24, 2.45) is 16.9 Å². The third kappa shape index (κ3) is 7.68. The van der Waals surface area contributed by atoms with Crippen LogP contribution in [0.3, 0.4) is 0 Å². The van der Waals surface area contributed by atoms with Gasteiger partial charge in [0.2, 0.25) is 0 Å². The van der Waals surface area contributed by atoms with Crippen molar-refractivity contribution in [3.8, 4) is 0 Å². The van der Waals surface area contributed by atoms with E-state index in [4.69, 9.17) is 40.5 Å². The number of pyridine rings is 1. The van der Waals surface area contributed by atoms with E-state index in [1.807, 2.05) is 25.1 Å². The van der Waals surface area contributed by atoms with Crippen LogP contribution in [0.2, 0.25) is 0 Å². The first-order valence-corrected chi connectivity index (χ1v) is 16.9. The van der Waals surface area contributed by atoms with E-state index < -0.39 is 14.2 Å². The Morgan fingerprint density at radius 2 is 1.76 bits per heavy atom. The molecule has 1 aromatic rings. The minimum absolute atomic E-state index is 0.754. The second kappa shape index (κ2) is 11.0. The van der Waals surface area contributed by atoms with Crippen molar-refractivity contribution >= 4 is 51.3 Å². The molecule has 2 bridgehead atoms. The van der Waals surface area contributed by atoms with Crippen molar-refractivity contribution in [2.75, 3.05) is 13.1 Å². The Bertz CT molecular complexity index is 563. The van der Waals surface area contributed by atoms with Crippen LogP contribution in [0.15, 0.2) is 29.5 Å². The van der Waals surface area contributed by atoms with Crippen LogP contribution in [-0.2, 0) is 14.2 Å². The van der Waals surface area contributed by atoms with Gasteiger partial charge in [0.15, 0.2) is 5.11 Å². The number of hydrogen-bond donors (Lipinski definition) is 1. The number of hydrazone groups is 1. The standard InChI is InChI=1S/C16H22N4S.3ClH.Pt/c1-12(15-4-2-3-9-17-15)18-19-16(21)20-10-13-5-6-14(11-20)8-7-13;;;;/h2-4,9,13-14H,5-8,10-11H2,1H3,(H,19,21);3*1H;/q;;;;+3/p-3/b18-12-;;;;. The predicted octanol–water partition coefficient (Wildman–Crippen LogP) is 4.87. The van der Waals surface area contributed by atoms with Gasteiger partial charge in [0.05, 0.1) is 11.4 Å². The number of halogens is 3. The molecule has 25 heavy (non-hydrogen) atoms. The summed E-state index contributed by atoms with van der Waals surface area (Å²) in [7, 11) is 14.9. The molecule has 0 amide bonds. The first kappa shape index (κ1) is 21.4. The Balaban J connectivity index is 0.000000511. The molecular formula is C16H22Cl3N4PtS. The molecule has 3 heterocycles. The summed E-state index contributed by atoms with van der Waals surface area (Å²) in [5, 5.41) is 5.15. The fourth-order valence-corrected chi connectivity index (χ4v) is 3.49. The topological polar surface area (TPSA) is 40.5 Å². The van der Waals surface area contributed by atoms with Crippen molar-refractivity contribution in [3.63, 3.8) is 0 Å². The molecule has 1 N–H and O–H groups in total. The van der Waals surface area contributed by atoms with Crippen molar-refractivity contribution < 1.29 is 14.2 Å². The maximum atomic E-state index is 5.52. The van der Waals surface area contributed by atoms with E-state index in [0.29, 0.717) is 0 Å². The first-order valence-electron chi connectivity index (χ1n) is 8.09. The van der Waals surface area contributed by atoms with Gasteiger partial charge in [-0.2, -0.15) is 5.10 Å². The van der Waals surface area contributed by atoms with Crippen molar-refractivity contribution in [3.05, 3.63) is 30.1 Å². The fourth-order valence-electron chi connectivity index (χ4n) is 3.30. The predicted molar refractivity (Wildman–Crippen MR) is 107 cm³/mol. The van der Waals surface area contributed by atoms with Gasteiger partial charge < -0.3 is 4.90 Å².